The molecule has 0 radical (unpaired) electrons. The van der Waals surface area contributed by atoms with Gasteiger partial charge in [0.25, 0.3) is 5.91 Å². The number of aryl methyl sites for hydroxylation is 1. The van der Waals surface area contributed by atoms with E-state index < -0.39 is 28.5 Å². The second kappa shape index (κ2) is 7.22. The summed E-state index contributed by atoms with van der Waals surface area (Å²) in [6.45, 7) is -0.473. The highest BCUT2D eigenvalue weighted by atomic mass is 32.2. The molecule has 0 saturated heterocycles. The number of hydrogen-bond acceptors (Lipinski definition) is 5. The van der Waals surface area contributed by atoms with Crippen molar-refractivity contribution < 1.29 is 22.7 Å². The van der Waals surface area contributed by atoms with E-state index in [-0.39, 0.29) is 4.90 Å². The van der Waals surface area contributed by atoms with Crippen LogP contribution in [0.25, 0.3) is 10.9 Å². The van der Waals surface area contributed by atoms with Gasteiger partial charge in [-0.25, -0.2) is 18.4 Å². The quantitative estimate of drug-likeness (QED) is 0.645. The molecule has 0 aliphatic rings. The molecular formula is C18H17N3O5S. The minimum Gasteiger partial charge on any atom is -0.452 e. The van der Waals surface area contributed by atoms with Gasteiger partial charge in [0, 0.05) is 29.8 Å². The molecule has 9 heteroatoms. The number of nitrogens with two attached hydrogens (primary N) is 1. The first-order valence-corrected chi connectivity index (χ1v) is 9.44. The highest BCUT2D eigenvalue weighted by Gasteiger charge is 2.16. The predicted octanol–water partition coefficient (Wildman–Crippen LogP) is 1.62. The number of ether oxygens (including phenoxy) is 1. The lowest BCUT2D eigenvalue weighted by Gasteiger charge is -2.07. The van der Waals surface area contributed by atoms with Crippen LogP contribution in [0.15, 0.2) is 59.6 Å². The number of anilines is 1. The summed E-state index contributed by atoms with van der Waals surface area (Å²) in [7, 11) is -1.98. The van der Waals surface area contributed by atoms with Crippen LogP contribution in [-0.2, 0) is 26.6 Å². The lowest BCUT2D eigenvalue weighted by Crippen LogP contribution is -2.21. The minimum atomic E-state index is -3.80. The number of nitrogens with one attached hydrogen (secondary N) is 1. The molecule has 1 heterocycles. The second-order valence-electron chi connectivity index (χ2n) is 5.86. The molecule has 1 amide bonds. The van der Waals surface area contributed by atoms with Gasteiger partial charge in [0.15, 0.2) is 6.61 Å². The molecule has 3 N–H and O–H groups in total. The number of esters is 1. The molecule has 1 aromatic heterocycles. The first-order chi connectivity index (χ1) is 12.8. The zero-order chi connectivity index (χ0) is 19.6. The van der Waals surface area contributed by atoms with E-state index in [0.717, 1.165) is 10.9 Å². The van der Waals surface area contributed by atoms with Crippen LogP contribution in [0.5, 0.6) is 0 Å². The number of carbonyl (C=O) groups is 2. The molecule has 0 saturated carbocycles. The average Bonchev–Trinajstić information content (AvgIpc) is 2.97. The lowest BCUT2D eigenvalue weighted by molar-refractivity contribution is -0.119. The molecule has 0 aliphatic carbocycles. The van der Waals surface area contributed by atoms with Crippen molar-refractivity contribution in [2.75, 3.05) is 11.9 Å². The summed E-state index contributed by atoms with van der Waals surface area (Å²) in [6.07, 6.45) is 1.65. The van der Waals surface area contributed by atoms with Gasteiger partial charge in [0.1, 0.15) is 0 Å². The fraction of sp³-hybridized carbons (Fsp3) is 0.111. The summed E-state index contributed by atoms with van der Waals surface area (Å²) in [5.74, 6) is -1.15. The fourth-order valence-electron chi connectivity index (χ4n) is 2.64. The number of rotatable bonds is 5. The number of para-hydroxylation sites is 1. The standard InChI is InChI=1S/C18H17N3O5S/c1-21-10-15(14-4-2-3-5-16(14)21)18(23)26-11-17(22)20-12-6-8-13(9-7-12)27(19,24)25/h2-10H,11H2,1H3,(H,20,22)(H2,19,24,25). The highest BCUT2D eigenvalue weighted by molar-refractivity contribution is 7.89. The Kier molecular flexibility index (Phi) is 4.98. The number of fused-ring (bicyclic) bond motifs is 1. The van der Waals surface area contributed by atoms with E-state index in [2.05, 4.69) is 5.32 Å². The van der Waals surface area contributed by atoms with E-state index in [9.17, 15) is 18.0 Å². The third-order valence-corrected chi connectivity index (χ3v) is 4.85. The third kappa shape index (κ3) is 4.15. The third-order valence-electron chi connectivity index (χ3n) is 3.92. The summed E-state index contributed by atoms with van der Waals surface area (Å²) in [6, 6.07) is 12.7. The lowest BCUT2D eigenvalue weighted by atomic mass is 10.2. The monoisotopic (exact) mass is 387 g/mol. The van der Waals surface area contributed by atoms with Crippen molar-refractivity contribution in [2.24, 2.45) is 12.2 Å². The van der Waals surface area contributed by atoms with Crippen LogP contribution in [0.3, 0.4) is 0 Å². The van der Waals surface area contributed by atoms with E-state index >= 15 is 0 Å². The second-order valence-corrected chi connectivity index (χ2v) is 7.43. The van der Waals surface area contributed by atoms with Crippen LogP contribution in [0.4, 0.5) is 5.69 Å². The Morgan fingerprint density at radius 1 is 1.11 bits per heavy atom. The van der Waals surface area contributed by atoms with E-state index in [1.165, 1.54) is 24.3 Å². The number of aromatic nitrogens is 1. The molecule has 0 spiro atoms. The summed E-state index contributed by atoms with van der Waals surface area (Å²) in [5, 5.41) is 8.26. The van der Waals surface area contributed by atoms with Crippen LogP contribution in [-0.4, -0.2) is 31.5 Å². The van der Waals surface area contributed by atoms with Gasteiger partial charge in [0.2, 0.25) is 10.0 Å². The molecule has 27 heavy (non-hydrogen) atoms. The zero-order valence-electron chi connectivity index (χ0n) is 14.4. The van der Waals surface area contributed by atoms with Gasteiger partial charge in [-0.3, -0.25) is 4.79 Å². The molecule has 140 valence electrons. The number of carbonyl (C=O) groups excluding carboxylic acids is 2. The summed E-state index contributed by atoms with van der Waals surface area (Å²) >= 11 is 0. The maximum absolute atomic E-state index is 12.3. The molecule has 0 aliphatic heterocycles. The van der Waals surface area contributed by atoms with Gasteiger partial charge >= 0.3 is 5.97 Å². The molecule has 0 unspecified atom stereocenters. The maximum atomic E-state index is 12.3. The van der Waals surface area contributed by atoms with E-state index in [1.54, 1.807) is 16.8 Å². The summed E-state index contributed by atoms with van der Waals surface area (Å²) in [4.78, 5) is 24.2. The predicted molar refractivity (Wildman–Crippen MR) is 99.6 cm³/mol. The minimum absolute atomic E-state index is 0.0668. The maximum Gasteiger partial charge on any atom is 0.340 e. The largest absolute Gasteiger partial charge is 0.452 e. The number of primary sulfonamides is 1. The number of sulfonamides is 1. The molecule has 0 atom stereocenters. The molecule has 0 fully saturated rings. The van der Waals surface area contributed by atoms with Gasteiger partial charge in [0.05, 0.1) is 10.5 Å². The summed E-state index contributed by atoms with van der Waals surface area (Å²) < 4.78 is 29.3. The van der Waals surface area contributed by atoms with E-state index in [4.69, 9.17) is 9.88 Å². The van der Waals surface area contributed by atoms with Crippen LogP contribution >= 0.6 is 0 Å². The Morgan fingerprint density at radius 2 is 1.78 bits per heavy atom. The Hall–Kier alpha value is -3.17. The van der Waals surface area contributed by atoms with Crippen molar-refractivity contribution in [3.8, 4) is 0 Å². The fourth-order valence-corrected chi connectivity index (χ4v) is 3.15. The van der Waals surface area contributed by atoms with Crippen molar-refractivity contribution >= 4 is 38.5 Å². The first-order valence-electron chi connectivity index (χ1n) is 7.89. The molecule has 3 aromatic rings. The molecule has 3 rings (SSSR count). The Labute approximate surface area is 155 Å². The van der Waals surface area contributed by atoms with E-state index in [0.29, 0.717) is 11.3 Å². The van der Waals surface area contributed by atoms with Gasteiger partial charge in [-0.1, -0.05) is 18.2 Å². The van der Waals surface area contributed by atoms with Gasteiger partial charge < -0.3 is 14.6 Å². The van der Waals surface area contributed by atoms with Gasteiger partial charge in [-0.05, 0) is 30.3 Å². The van der Waals surface area contributed by atoms with Gasteiger partial charge in [-0.2, -0.15) is 0 Å². The zero-order valence-corrected chi connectivity index (χ0v) is 15.2. The topological polar surface area (TPSA) is 120 Å². The average molecular weight is 387 g/mol. The molecule has 2 aromatic carbocycles. The first kappa shape index (κ1) is 18.6. The normalized spacial score (nSPS) is 11.3. The van der Waals surface area contributed by atoms with Crippen molar-refractivity contribution in [3.63, 3.8) is 0 Å². The highest BCUT2D eigenvalue weighted by Crippen LogP contribution is 2.21. The van der Waals surface area contributed by atoms with Crippen LogP contribution in [0, 0.1) is 0 Å². The van der Waals surface area contributed by atoms with Crippen molar-refractivity contribution in [2.45, 2.75) is 4.90 Å². The molecular weight excluding hydrogens is 370 g/mol. The van der Waals surface area contributed by atoms with E-state index in [1.807, 2.05) is 25.2 Å². The Bertz CT molecular complexity index is 1120. The Balaban J connectivity index is 1.62. The molecule has 8 nitrogen and oxygen atoms in total. The smallest absolute Gasteiger partial charge is 0.340 e. The number of hydrogen-bond donors (Lipinski definition) is 2. The Morgan fingerprint density at radius 3 is 2.44 bits per heavy atom. The van der Waals surface area contributed by atoms with Crippen molar-refractivity contribution in [3.05, 3.63) is 60.3 Å². The van der Waals surface area contributed by atoms with Gasteiger partial charge in [-0.15, -0.1) is 0 Å². The number of amides is 1. The molecule has 0 bridgehead atoms. The van der Waals surface area contributed by atoms with Crippen molar-refractivity contribution in [1.82, 2.24) is 4.57 Å². The van der Waals surface area contributed by atoms with Crippen LogP contribution in [0.2, 0.25) is 0 Å². The SMILES string of the molecule is Cn1cc(C(=O)OCC(=O)Nc2ccc(S(N)(=O)=O)cc2)c2ccccc21. The van der Waals surface area contributed by atoms with Crippen LogP contribution in [0.1, 0.15) is 10.4 Å². The number of benzene rings is 2. The summed E-state index contributed by atoms with van der Waals surface area (Å²) in [5.41, 5.74) is 1.61. The van der Waals surface area contributed by atoms with Crippen molar-refractivity contribution in [1.29, 1.82) is 0 Å². The number of nitrogens with zero attached hydrogens (tertiary/aromatic N) is 1. The van der Waals surface area contributed by atoms with Crippen LogP contribution < -0.4 is 10.5 Å².